The molecule has 280 valence electrons. The van der Waals surface area contributed by atoms with E-state index in [9.17, 15) is 0 Å². The molecule has 0 fully saturated rings. The van der Waals surface area contributed by atoms with Crippen molar-refractivity contribution in [1.82, 2.24) is 56.0 Å². The van der Waals surface area contributed by atoms with Crippen LogP contribution in [0, 0.1) is 0 Å². The van der Waals surface area contributed by atoms with Crippen LogP contribution in [-0.2, 0) is 0 Å². The van der Waals surface area contributed by atoms with Crippen LogP contribution in [0.2, 0.25) is 0 Å². The van der Waals surface area contributed by atoms with E-state index in [0.717, 1.165) is 0 Å². The molecule has 0 unspecified atom stereocenters. The lowest BCUT2D eigenvalue weighted by Crippen LogP contribution is -2.33. The van der Waals surface area contributed by atoms with Crippen molar-refractivity contribution in [2.45, 2.75) is 0 Å². The van der Waals surface area contributed by atoms with E-state index in [-0.39, 0.29) is 4.70 Å². The summed E-state index contributed by atoms with van der Waals surface area (Å²) in [7, 11) is 36.8. The van der Waals surface area contributed by atoms with Crippen molar-refractivity contribution in [1.29, 1.82) is 0 Å². The van der Waals surface area contributed by atoms with Gasteiger partial charge in [0, 0.05) is 0 Å². The van der Waals surface area contributed by atoms with Gasteiger partial charge in [0.1, 0.15) is 0 Å². The molecule has 0 aromatic heterocycles. The van der Waals surface area contributed by atoms with Crippen LogP contribution in [-0.4, -0.2) is 225 Å². The Bertz CT molecular complexity index is 883. The van der Waals surface area contributed by atoms with E-state index in [1.807, 2.05) is 0 Å². The van der Waals surface area contributed by atoms with Gasteiger partial charge >= 0.3 is 7.87 Å². The van der Waals surface area contributed by atoms with Gasteiger partial charge in [-0.2, -0.15) is 0 Å². The predicted molar refractivity (Wildman–Crippen MR) is 211 cm³/mol. The van der Waals surface area contributed by atoms with Crippen LogP contribution in [0.5, 0.6) is 0 Å². The zero-order valence-corrected chi connectivity index (χ0v) is 38.3. The van der Waals surface area contributed by atoms with Crippen molar-refractivity contribution >= 4 is 37.9 Å². The Morgan fingerprint density at radius 2 is 0.326 bits per heavy atom. The third-order valence-corrected chi connectivity index (χ3v) is 28.0. The minimum Gasteiger partial charge on any atom is -0.269 e. The highest BCUT2D eigenvalue weighted by Crippen LogP contribution is 2.86. The van der Waals surface area contributed by atoms with Crippen LogP contribution in [0.1, 0.15) is 0 Å². The summed E-state index contributed by atoms with van der Waals surface area (Å²) in [5, 5.41) is 0. The lowest BCUT2D eigenvalue weighted by atomic mass is 11.2. The summed E-state index contributed by atoms with van der Waals surface area (Å²) in [6, 6.07) is 0. The van der Waals surface area contributed by atoms with Crippen molar-refractivity contribution in [3.8, 4) is 0 Å². The molecule has 0 saturated carbocycles. The second kappa shape index (κ2) is 18.3. The van der Waals surface area contributed by atoms with E-state index in [1.165, 1.54) is 0 Å². The highest BCUT2D eigenvalue weighted by molar-refractivity contribution is 7.87. The fraction of sp³-hybridized carbons (Fsp3) is 1.00. The smallest absolute Gasteiger partial charge is 0.269 e. The van der Waals surface area contributed by atoms with Gasteiger partial charge in [0.2, 0.25) is 30.0 Å². The fourth-order valence-corrected chi connectivity index (χ4v) is 30.2. The Labute approximate surface area is 285 Å². The predicted octanol–water partition coefficient (Wildman–Crippen LogP) is 5.34. The third kappa shape index (κ3) is 9.17. The quantitative estimate of drug-likeness (QED) is 0.191. The maximum atomic E-state index is 6.08. The van der Waals surface area contributed by atoms with E-state index in [0.29, 0.717) is 0 Å². The molecule has 0 spiro atoms. The Hall–Kier alpha value is 0.800. The summed E-state index contributed by atoms with van der Waals surface area (Å²) in [6.07, 6.45) is 0. The summed E-state index contributed by atoms with van der Waals surface area (Å²) < 4.78 is 51.2. The molecule has 0 aliphatic heterocycles. The summed E-state index contributed by atoms with van der Waals surface area (Å²) >= 11 is 0. The molecule has 0 aromatic carbocycles. The molecule has 0 atom stereocenters. The van der Waals surface area contributed by atoms with Crippen LogP contribution in [0.3, 0.4) is 0 Å². The zero-order chi connectivity index (χ0) is 36.3. The molecular weight excluding hydrogens is 686 g/mol. The van der Waals surface area contributed by atoms with Crippen molar-refractivity contribution in [2.24, 2.45) is 18.1 Å². The highest BCUT2D eigenvalue weighted by atomic mass is 31.3. The van der Waals surface area contributed by atoms with Crippen LogP contribution < -0.4 is 0 Å². The molecule has 46 heavy (non-hydrogen) atoms. The van der Waals surface area contributed by atoms with Crippen molar-refractivity contribution < 1.29 is 4.70 Å². The lowest BCUT2D eigenvalue weighted by Gasteiger charge is -2.44. The number of nitrogens with zero attached hydrogens (tertiary/aromatic N) is 16. The van der Waals surface area contributed by atoms with Gasteiger partial charge < -0.3 is 0 Å². The van der Waals surface area contributed by atoms with Crippen molar-refractivity contribution in [3.63, 3.8) is 0 Å². The topological polar surface area (TPSA) is 88.3 Å². The molecule has 0 amide bonds. The molecule has 16 nitrogen and oxygen atoms in total. The van der Waals surface area contributed by atoms with Gasteiger partial charge in [-0.05, 0) is 187 Å². The SMILES string of the molecule is CN(C)P(=N[P+](N=P(N(C)C)(N(C)C)N(C)C)(N=P(N(C)C)(N(C)C)N(C)C)N=P(N(C)C)(N(C)C)N(C)C)(N(C)C)N(C)C.F. The van der Waals surface area contributed by atoms with Gasteiger partial charge in [-0.25, -0.2) is 56.0 Å². The van der Waals surface area contributed by atoms with Crippen LogP contribution >= 0.6 is 37.9 Å². The number of hydrogen-bond acceptors (Lipinski definition) is 4. The summed E-state index contributed by atoms with van der Waals surface area (Å²) in [5.74, 6) is 0. The van der Waals surface area contributed by atoms with E-state index in [2.05, 4.69) is 225 Å². The second-order valence-electron chi connectivity index (χ2n) is 13.2. The molecule has 22 heteroatoms. The first-order valence-electron chi connectivity index (χ1n) is 14.7. The summed E-state index contributed by atoms with van der Waals surface area (Å²) in [4.78, 5) is 0. The second-order valence-corrected chi connectivity index (χ2v) is 31.0. The summed E-state index contributed by atoms with van der Waals surface area (Å²) in [6.45, 7) is 0. The first-order chi connectivity index (χ1) is 20.1. The molecule has 0 rings (SSSR count). The summed E-state index contributed by atoms with van der Waals surface area (Å²) in [5.41, 5.74) is 0. The van der Waals surface area contributed by atoms with Gasteiger partial charge in [0.05, 0.1) is 0 Å². The van der Waals surface area contributed by atoms with Gasteiger partial charge in [0.25, 0.3) is 0 Å². The molecule has 0 heterocycles. The van der Waals surface area contributed by atoms with Crippen molar-refractivity contribution in [2.75, 3.05) is 169 Å². The van der Waals surface area contributed by atoms with E-state index < -0.39 is 37.9 Å². The van der Waals surface area contributed by atoms with E-state index in [1.54, 1.807) is 0 Å². The van der Waals surface area contributed by atoms with E-state index >= 15 is 0 Å². The first-order valence-corrected chi connectivity index (χ1v) is 22.7. The first kappa shape index (κ1) is 48.9. The van der Waals surface area contributed by atoms with Gasteiger partial charge in [-0.15, -0.1) is 0 Å². The lowest BCUT2D eigenvalue weighted by molar-refractivity contribution is 0.470. The van der Waals surface area contributed by atoms with Gasteiger partial charge in [-0.1, -0.05) is 0 Å². The Morgan fingerprint density at radius 1 is 0.239 bits per heavy atom. The number of rotatable bonds is 16. The van der Waals surface area contributed by atoms with Crippen LogP contribution in [0.15, 0.2) is 18.1 Å². The van der Waals surface area contributed by atoms with Crippen LogP contribution in [0.4, 0.5) is 4.70 Å². The average molecular weight is 760 g/mol. The minimum absolute atomic E-state index is 0. The van der Waals surface area contributed by atoms with E-state index in [4.69, 9.17) is 18.1 Å². The Kier molecular flexibility index (Phi) is 19.5. The molecule has 0 saturated heterocycles. The normalized spacial score (nSPS) is 14.5. The molecule has 0 radical (unpaired) electrons. The maximum Gasteiger partial charge on any atom is 0.502 e. The molecular formula is C24H73FN16P5+. The zero-order valence-electron chi connectivity index (χ0n) is 33.8. The van der Waals surface area contributed by atoms with Gasteiger partial charge in [0.15, 0.2) is 0 Å². The molecule has 0 N–H and O–H groups in total. The van der Waals surface area contributed by atoms with Gasteiger partial charge in [-0.3, -0.25) is 4.70 Å². The number of halogens is 1. The highest BCUT2D eigenvalue weighted by Gasteiger charge is 2.56. The minimum atomic E-state index is -3.43. The maximum absolute atomic E-state index is 6.08. The standard InChI is InChI=1S/C24H72N16P5.FH/c1-29(2)42(30(3)4,31(5)6)25-41(26-43(32(7)8,33(9)10)34(11)12,27-44(35(13)14,36(15)16)37(17)18)28-45(38(19)20,39(21)22)40(23)24;/h1-24H3;1H/q+1;. The molecule has 0 bridgehead atoms. The Morgan fingerprint density at radius 3 is 0.391 bits per heavy atom. The third-order valence-electron chi connectivity index (χ3n) is 7.40. The monoisotopic (exact) mass is 759 g/mol. The molecule has 0 aliphatic carbocycles. The largest absolute Gasteiger partial charge is 0.502 e. The average Bonchev–Trinajstić information content (AvgIpc) is 2.84. The number of hydrogen-bond donors (Lipinski definition) is 0. The van der Waals surface area contributed by atoms with Crippen LogP contribution in [0.25, 0.3) is 0 Å². The fourth-order valence-electron chi connectivity index (χ4n) is 6.00. The molecule has 0 aromatic rings. The van der Waals surface area contributed by atoms with Crippen molar-refractivity contribution in [3.05, 3.63) is 0 Å². The Balaban J connectivity index is 0. The molecule has 0 aliphatic rings.